The predicted molar refractivity (Wildman–Crippen MR) is 129 cm³/mol. The Morgan fingerprint density at radius 2 is 1.97 bits per heavy atom. The maximum atomic E-state index is 12.7. The van der Waals surface area contributed by atoms with Crippen LogP contribution in [0.1, 0.15) is 11.4 Å². The Bertz CT molecular complexity index is 1380. The molecule has 0 bridgehead atoms. The van der Waals surface area contributed by atoms with Crippen molar-refractivity contribution in [3.8, 4) is 0 Å². The number of methoxy groups -OCH3 is 1. The van der Waals surface area contributed by atoms with Crippen molar-refractivity contribution in [2.45, 2.75) is 31.0 Å². The Labute approximate surface area is 198 Å². The Balaban J connectivity index is 1.32. The van der Waals surface area contributed by atoms with Crippen molar-refractivity contribution >= 4 is 32.0 Å². The van der Waals surface area contributed by atoms with Crippen LogP contribution in [0.3, 0.4) is 0 Å². The highest BCUT2D eigenvalue weighted by Crippen LogP contribution is 2.20. The summed E-state index contributed by atoms with van der Waals surface area (Å²) < 4.78 is 40.9. The van der Waals surface area contributed by atoms with Crippen molar-refractivity contribution in [2.24, 2.45) is 5.73 Å². The Hall–Kier alpha value is -2.96. The maximum Gasteiger partial charge on any atom is 0.242 e. The highest BCUT2D eigenvalue weighted by molar-refractivity contribution is 7.89. The van der Waals surface area contributed by atoms with Crippen molar-refractivity contribution in [1.29, 1.82) is 0 Å². The molecule has 3 heterocycles. The first-order valence-corrected chi connectivity index (χ1v) is 12.4. The fraction of sp³-hybridized carbons (Fsp3) is 0.348. The molecule has 4 aromatic rings. The molecule has 0 amide bonds. The van der Waals surface area contributed by atoms with E-state index in [2.05, 4.69) is 19.7 Å². The molecule has 3 N–H and O–H groups in total. The van der Waals surface area contributed by atoms with Gasteiger partial charge in [-0.2, -0.15) is 0 Å². The molecule has 11 heteroatoms. The molecule has 0 aliphatic carbocycles. The van der Waals surface area contributed by atoms with Crippen molar-refractivity contribution in [3.05, 3.63) is 60.3 Å². The lowest BCUT2D eigenvalue weighted by atomic mass is 10.2. The first kappa shape index (κ1) is 24.2. The van der Waals surface area contributed by atoms with Crippen LogP contribution in [0, 0.1) is 6.92 Å². The summed E-state index contributed by atoms with van der Waals surface area (Å²) in [6, 6.07) is 10.7. The van der Waals surface area contributed by atoms with E-state index < -0.39 is 16.3 Å². The highest BCUT2D eigenvalue weighted by Gasteiger charge is 2.17. The van der Waals surface area contributed by atoms with E-state index >= 15 is 0 Å². The topological polar surface area (TPSA) is 134 Å². The van der Waals surface area contributed by atoms with Gasteiger partial charge in [0.25, 0.3) is 0 Å². The summed E-state index contributed by atoms with van der Waals surface area (Å²) in [5.41, 5.74) is 9.74. The average molecular weight is 485 g/mol. The molecule has 0 spiro atoms. The molecule has 0 saturated heterocycles. The molecule has 0 aliphatic rings. The van der Waals surface area contributed by atoms with Crippen LogP contribution < -0.4 is 10.5 Å². The van der Waals surface area contributed by atoms with Gasteiger partial charge in [0.2, 0.25) is 10.0 Å². The number of para-hydroxylation sites is 1. The van der Waals surface area contributed by atoms with Crippen LogP contribution >= 0.6 is 0 Å². The maximum absolute atomic E-state index is 12.7. The lowest BCUT2D eigenvalue weighted by molar-refractivity contribution is 0.108. The Kier molecular flexibility index (Phi) is 7.49. The number of ether oxygens (including phenoxy) is 2. The van der Waals surface area contributed by atoms with Gasteiger partial charge in [0.15, 0.2) is 0 Å². The predicted octanol–water partition coefficient (Wildman–Crippen LogP) is 1.76. The van der Waals surface area contributed by atoms with Crippen molar-refractivity contribution in [2.75, 3.05) is 26.9 Å². The third kappa shape index (κ3) is 5.40. The van der Waals surface area contributed by atoms with E-state index in [1.165, 1.54) is 0 Å². The largest absolute Gasteiger partial charge is 0.378 e. The molecule has 180 valence electrons. The number of hydrogen-bond acceptors (Lipinski definition) is 8. The molecule has 0 aliphatic heterocycles. The number of fused-ring (bicyclic) bond motifs is 2. The lowest BCUT2D eigenvalue weighted by Gasteiger charge is -2.11. The van der Waals surface area contributed by atoms with Crippen LogP contribution in [0.4, 0.5) is 0 Å². The number of aryl methyl sites for hydroxylation is 1. The lowest BCUT2D eigenvalue weighted by Crippen LogP contribution is -2.28. The van der Waals surface area contributed by atoms with Gasteiger partial charge in [-0.1, -0.05) is 18.2 Å². The quantitative estimate of drug-likeness (QED) is 0.243. The number of imidazole rings is 1. The van der Waals surface area contributed by atoms with E-state index in [0.717, 1.165) is 27.8 Å². The van der Waals surface area contributed by atoms with Crippen molar-refractivity contribution < 1.29 is 17.9 Å². The molecule has 4 rings (SSSR count). The number of benzene rings is 1. The van der Waals surface area contributed by atoms with E-state index in [-0.39, 0.29) is 18.0 Å². The summed E-state index contributed by atoms with van der Waals surface area (Å²) in [4.78, 5) is 13.4. The fourth-order valence-electron chi connectivity index (χ4n) is 3.74. The first-order chi connectivity index (χ1) is 16.4. The second-order valence-electron chi connectivity index (χ2n) is 7.84. The number of sulfonamides is 1. The molecule has 1 aromatic carbocycles. The van der Waals surface area contributed by atoms with Crippen LogP contribution in [0.25, 0.3) is 21.9 Å². The Morgan fingerprint density at radius 3 is 2.79 bits per heavy atom. The number of nitrogens with one attached hydrogen (secondary N) is 1. The smallest absolute Gasteiger partial charge is 0.242 e. The van der Waals surface area contributed by atoms with Crippen LogP contribution in [0.2, 0.25) is 0 Å². The monoisotopic (exact) mass is 484 g/mol. The summed E-state index contributed by atoms with van der Waals surface area (Å²) in [6.07, 6.45) is 3.35. The van der Waals surface area contributed by atoms with Gasteiger partial charge in [0.05, 0.1) is 36.3 Å². The van der Waals surface area contributed by atoms with Crippen LogP contribution in [0.5, 0.6) is 0 Å². The third-order valence-corrected chi connectivity index (χ3v) is 6.90. The van der Waals surface area contributed by atoms with Crippen molar-refractivity contribution in [1.82, 2.24) is 24.2 Å². The van der Waals surface area contributed by atoms with E-state index in [9.17, 15) is 8.42 Å². The molecule has 3 aromatic heterocycles. The first-order valence-electron chi connectivity index (χ1n) is 10.9. The van der Waals surface area contributed by atoms with Crippen LogP contribution in [-0.4, -0.2) is 61.0 Å². The molecule has 1 unspecified atom stereocenters. The van der Waals surface area contributed by atoms with Crippen LogP contribution in [-0.2, 0) is 32.5 Å². The number of rotatable bonds is 11. The van der Waals surface area contributed by atoms with Gasteiger partial charge >= 0.3 is 0 Å². The van der Waals surface area contributed by atoms with Gasteiger partial charge in [-0.05, 0) is 25.1 Å². The van der Waals surface area contributed by atoms with E-state index in [0.29, 0.717) is 25.1 Å². The van der Waals surface area contributed by atoms with Gasteiger partial charge in [-0.3, -0.25) is 9.97 Å². The minimum absolute atomic E-state index is 0.151. The molecule has 34 heavy (non-hydrogen) atoms. The number of nitrogens with zero attached hydrogens (tertiary/aromatic N) is 4. The Morgan fingerprint density at radius 1 is 1.15 bits per heavy atom. The van der Waals surface area contributed by atoms with Gasteiger partial charge in [-0.15, -0.1) is 0 Å². The average Bonchev–Trinajstić information content (AvgIpc) is 3.23. The summed E-state index contributed by atoms with van der Waals surface area (Å²) >= 11 is 0. The van der Waals surface area contributed by atoms with Gasteiger partial charge in [-0.25, -0.2) is 18.1 Å². The minimum atomic E-state index is -3.70. The standard InChI is InChI=1S/C23H28N6O4S/c1-16-13-19-23(18(28-16)14-21(24)32-2)26-15-29(19)10-12-33-11-9-27-34(30,31)20-7-3-5-17-6-4-8-25-22(17)20/h3-8,13,15,21,27H,9-12,14,24H2,1-2H3. The summed E-state index contributed by atoms with van der Waals surface area (Å²) in [6.45, 7) is 3.27. The number of aromatic nitrogens is 4. The molecule has 0 fully saturated rings. The summed E-state index contributed by atoms with van der Waals surface area (Å²) in [5, 5.41) is 0.770. The third-order valence-electron chi connectivity index (χ3n) is 5.41. The van der Waals surface area contributed by atoms with Gasteiger partial charge < -0.3 is 19.8 Å². The van der Waals surface area contributed by atoms with Gasteiger partial charge in [0.1, 0.15) is 16.6 Å². The number of hydrogen-bond donors (Lipinski definition) is 2. The summed E-state index contributed by atoms with van der Waals surface area (Å²) in [7, 11) is -2.14. The zero-order valence-electron chi connectivity index (χ0n) is 19.1. The van der Waals surface area contributed by atoms with Crippen LogP contribution in [0.15, 0.2) is 53.8 Å². The fourth-order valence-corrected chi connectivity index (χ4v) is 4.93. The molecular weight excluding hydrogens is 456 g/mol. The summed E-state index contributed by atoms with van der Waals surface area (Å²) in [5.74, 6) is 0. The SMILES string of the molecule is COC(N)Cc1nc(C)cc2c1ncn2CCOCCNS(=O)(=O)c1cccc2cccnc12. The highest BCUT2D eigenvalue weighted by atomic mass is 32.2. The van der Waals surface area contributed by atoms with E-state index in [1.807, 2.05) is 29.7 Å². The molecule has 0 radical (unpaired) electrons. The zero-order valence-corrected chi connectivity index (χ0v) is 20.0. The van der Waals surface area contributed by atoms with E-state index in [1.54, 1.807) is 37.8 Å². The van der Waals surface area contributed by atoms with E-state index in [4.69, 9.17) is 15.2 Å². The molecule has 10 nitrogen and oxygen atoms in total. The molecule has 1 atom stereocenters. The normalized spacial score (nSPS) is 13.0. The second-order valence-corrected chi connectivity index (χ2v) is 9.57. The second kappa shape index (κ2) is 10.5. The zero-order chi connectivity index (χ0) is 24.1. The number of pyridine rings is 2. The van der Waals surface area contributed by atoms with Crippen molar-refractivity contribution in [3.63, 3.8) is 0 Å². The molecule has 0 saturated carbocycles. The van der Waals surface area contributed by atoms with Gasteiger partial charge in [0, 0.05) is 43.9 Å². The molecular formula is C23H28N6O4S. The minimum Gasteiger partial charge on any atom is -0.378 e. The number of nitrogens with two attached hydrogens (primary N) is 1.